The number of rotatable bonds is 3. The van der Waals surface area contributed by atoms with Crippen LogP contribution in [0.25, 0.3) is 0 Å². The molecule has 0 aliphatic carbocycles. The fraction of sp³-hybridized carbons (Fsp3) is 0.500. The number of carbonyl (C=O) groups is 1. The highest BCUT2D eigenvalue weighted by Crippen LogP contribution is 2.31. The van der Waals surface area contributed by atoms with Crippen molar-refractivity contribution in [1.29, 1.82) is 0 Å². The Morgan fingerprint density at radius 1 is 1.38 bits per heavy atom. The third-order valence-electron chi connectivity index (χ3n) is 3.60. The average molecular weight is 217 g/mol. The third-order valence-corrected chi connectivity index (χ3v) is 3.60. The fourth-order valence-electron chi connectivity index (χ4n) is 2.35. The summed E-state index contributed by atoms with van der Waals surface area (Å²) in [6, 6.07) is 6.13. The van der Waals surface area contributed by atoms with Crippen LogP contribution in [0.1, 0.15) is 54.6 Å². The molecule has 0 spiro atoms. The first-order valence-electron chi connectivity index (χ1n) is 6.10. The summed E-state index contributed by atoms with van der Waals surface area (Å²) in [6.07, 6.45) is 1.12. The van der Waals surface area contributed by atoms with Crippen molar-refractivity contribution in [3.05, 3.63) is 34.9 Å². The first kappa shape index (κ1) is 11.2. The molecule has 1 amide bonds. The van der Waals surface area contributed by atoms with Crippen molar-refractivity contribution in [3.8, 4) is 0 Å². The smallest absolute Gasteiger partial charge is 0.254 e. The number of fused-ring (bicyclic) bond motifs is 1. The lowest BCUT2D eigenvalue weighted by molar-refractivity contribution is 0.0787. The van der Waals surface area contributed by atoms with E-state index < -0.39 is 0 Å². The van der Waals surface area contributed by atoms with Crippen LogP contribution in [0.15, 0.2) is 18.2 Å². The second kappa shape index (κ2) is 4.28. The Morgan fingerprint density at radius 3 is 2.75 bits per heavy atom. The number of hydrogen-bond donors (Lipinski definition) is 0. The Labute approximate surface area is 97.3 Å². The molecule has 0 saturated heterocycles. The van der Waals surface area contributed by atoms with E-state index in [2.05, 4.69) is 19.9 Å². The molecule has 0 fully saturated rings. The van der Waals surface area contributed by atoms with Crippen LogP contribution in [0.5, 0.6) is 0 Å². The summed E-state index contributed by atoms with van der Waals surface area (Å²) in [4.78, 5) is 13.9. The summed E-state index contributed by atoms with van der Waals surface area (Å²) in [5.74, 6) is 0.738. The molecule has 1 unspecified atom stereocenters. The van der Waals surface area contributed by atoms with Gasteiger partial charge in [0.05, 0.1) is 0 Å². The molecule has 1 atom stereocenters. The Bertz CT molecular complexity index is 411. The molecule has 0 aromatic heterocycles. The van der Waals surface area contributed by atoms with Crippen LogP contribution in [0, 0.1) is 0 Å². The van der Waals surface area contributed by atoms with Gasteiger partial charge in [0.15, 0.2) is 0 Å². The van der Waals surface area contributed by atoms with Gasteiger partial charge in [-0.2, -0.15) is 0 Å². The van der Waals surface area contributed by atoms with Crippen LogP contribution in [0.3, 0.4) is 0 Å². The molecule has 0 radical (unpaired) electrons. The van der Waals surface area contributed by atoms with Gasteiger partial charge in [-0.1, -0.05) is 26.0 Å². The fourth-order valence-corrected chi connectivity index (χ4v) is 2.35. The number of carbonyl (C=O) groups excluding carboxylic acids is 1. The molecule has 0 saturated carbocycles. The highest BCUT2D eigenvalue weighted by molar-refractivity contribution is 5.98. The zero-order valence-corrected chi connectivity index (χ0v) is 10.3. The SMILES string of the molecule is CCC(C)c1cccc2c1CN(CC)C2=O. The molecule has 1 aromatic rings. The van der Waals surface area contributed by atoms with Gasteiger partial charge < -0.3 is 4.90 Å². The zero-order valence-electron chi connectivity index (χ0n) is 10.3. The summed E-state index contributed by atoms with van der Waals surface area (Å²) >= 11 is 0. The first-order valence-corrected chi connectivity index (χ1v) is 6.10. The largest absolute Gasteiger partial charge is 0.335 e. The van der Waals surface area contributed by atoms with Crippen molar-refractivity contribution in [3.63, 3.8) is 0 Å². The second-order valence-electron chi connectivity index (χ2n) is 4.50. The van der Waals surface area contributed by atoms with Crippen molar-refractivity contribution in [1.82, 2.24) is 4.90 Å². The van der Waals surface area contributed by atoms with E-state index in [1.54, 1.807) is 0 Å². The van der Waals surface area contributed by atoms with Gasteiger partial charge in [-0.3, -0.25) is 4.79 Å². The molecule has 86 valence electrons. The predicted octanol–water partition coefficient (Wildman–Crippen LogP) is 3.18. The summed E-state index contributed by atoms with van der Waals surface area (Å²) in [6.45, 7) is 8.05. The maximum Gasteiger partial charge on any atom is 0.254 e. The molecular formula is C14H19NO. The molecule has 2 rings (SSSR count). The lowest BCUT2D eigenvalue weighted by Gasteiger charge is -2.14. The first-order chi connectivity index (χ1) is 7.69. The molecule has 2 heteroatoms. The van der Waals surface area contributed by atoms with Gasteiger partial charge in [0.25, 0.3) is 5.91 Å². The van der Waals surface area contributed by atoms with Gasteiger partial charge in [0.1, 0.15) is 0 Å². The molecule has 16 heavy (non-hydrogen) atoms. The predicted molar refractivity (Wildman–Crippen MR) is 65.6 cm³/mol. The van der Waals surface area contributed by atoms with E-state index in [0.717, 1.165) is 25.1 Å². The molecule has 0 N–H and O–H groups in total. The van der Waals surface area contributed by atoms with Gasteiger partial charge in [-0.15, -0.1) is 0 Å². The maximum atomic E-state index is 12.0. The summed E-state index contributed by atoms with van der Waals surface area (Å²) in [5.41, 5.74) is 3.52. The van der Waals surface area contributed by atoms with Gasteiger partial charge in [-0.05, 0) is 36.5 Å². The Balaban J connectivity index is 2.44. The maximum absolute atomic E-state index is 12.0. The molecule has 2 nitrogen and oxygen atoms in total. The van der Waals surface area contributed by atoms with Gasteiger partial charge in [-0.25, -0.2) is 0 Å². The summed E-state index contributed by atoms with van der Waals surface area (Å²) < 4.78 is 0. The van der Waals surface area contributed by atoms with E-state index in [-0.39, 0.29) is 5.91 Å². The van der Waals surface area contributed by atoms with E-state index in [4.69, 9.17) is 0 Å². The molecule has 0 bridgehead atoms. The highest BCUT2D eigenvalue weighted by Gasteiger charge is 2.28. The minimum Gasteiger partial charge on any atom is -0.335 e. The zero-order chi connectivity index (χ0) is 11.7. The Morgan fingerprint density at radius 2 is 2.12 bits per heavy atom. The lowest BCUT2D eigenvalue weighted by Crippen LogP contribution is -2.22. The van der Waals surface area contributed by atoms with Crippen LogP contribution in [0.4, 0.5) is 0 Å². The standard InChI is InChI=1S/C14H19NO/c1-4-10(3)11-7-6-8-12-13(11)9-15(5-2)14(12)16/h6-8,10H,4-5,9H2,1-3H3. The quantitative estimate of drug-likeness (QED) is 0.761. The normalized spacial score (nSPS) is 16.4. The van der Waals surface area contributed by atoms with E-state index in [1.807, 2.05) is 24.0 Å². The van der Waals surface area contributed by atoms with E-state index >= 15 is 0 Å². The number of benzene rings is 1. The minimum atomic E-state index is 0.197. The van der Waals surface area contributed by atoms with Crippen molar-refractivity contribution in [2.45, 2.75) is 39.7 Å². The molecule has 1 heterocycles. The van der Waals surface area contributed by atoms with Crippen molar-refractivity contribution < 1.29 is 4.79 Å². The topological polar surface area (TPSA) is 20.3 Å². The summed E-state index contributed by atoms with van der Waals surface area (Å²) in [5, 5.41) is 0. The summed E-state index contributed by atoms with van der Waals surface area (Å²) in [7, 11) is 0. The third kappa shape index (κ3) is 1.62. The Hall–Kier alpha value is -1.31. The molecular weight excluding hydrogens is 198 g/mol. The molecule has 1 aromatic carbocycles. The minimum absolute atomic E-state index is 0.197. The Kier molecular flexibility index (Phi) is 2.99. The van der Waals surface area contributed by atoms with E-state index in [1.165, 1.54) is 11.1 Å². The monoisotopic (exact) mass is 217 g/mol. The number of hydrogen-bond acceptors (Lipinski definition) is 1. The lowest BCUT2D eigenvalue weighted by atomic mass is 9.92. The van der Waals surface area contributed by atoms with Crippen LogP contribution in [0.2, 0.25) is 0 Å². The van der Waals surface area contributed by atoms with Crippen molar-refractivity contribution >= 4 is 5.91 Å². The van der Waals surface area contributed by atoms with Crippen LogP contribution >= 0.6 is 0 Å². The number of amides is 1. The van der Waals surface area contributed by atoms with Crippen molar-refractivity contribution in [2.24, 2.45) is 0 Å². The van der Waals surface area contributed by atoms with Crippen LogP contribution in [-0.4, -0.2) is 17.4 Å². The van der Waals surface area contributed by atoms with Crippen LogP contribution in [-0.2, 0) is 6.54 Å². The second-order valence-corrected chi connectivity index (χ2v) is 4.50. The molecule has 1 aliphatic heterocycles. The van der Waals surface area contributed by atoms with Crippen LogP contribution < -0.4 is 0 Å². The van der Waals surface area contributed by atoms with Gasteiger partial charge in [0, 0.05) is 18.7 Å². The number of nitrogens with zero attached hydrogens (tertiary/aromatic N) is 1. The highest BCUT2D eigenvalue weighted by atomic mass is 16.2. The van der Waals surface area contributed by atoms with E-state index in [9.17, 15) is 4.79 Å². The van der Waals surface area contributed by atoms with Crippen molar-refractivity contribution in [2.75, 3.05) is 6.54 Å². The van der Waals surface area contributed by atoms with Gasteiger partial charge in [0.2, 0.25) is 0 Å². The molecule has 1 aliphatic rings. The average Bonchev–Trinajstić information content (AvgIpc) is 2.65. The van der Waals surface area contributed by atoms with Gasteiger partial charge >= 0.3 is 0 Å². The van der Waals surface area contributed by atoms with E-state index in [0.29, 0.717) is 5.92 Å².